The molecule has 0 aliphatic carbocycles. The fourth-order valence-electron chi connectivity index (χ4n) is 2.72. The van der Waals surface area contributed by atoms with Gasteiger partial charge in [-0.1, -0.05) is 35.5 Å². The molecule has 0 saturated carbocycles. The van der Waals surface area contributed by atoms with Gasteiger partial charge in [0.2, 0.25) is 11.1 Å². The van der Waals surface area contributed by atoms with Gasteiger partial charge in [-0.25, -0.2) is 9.97 Å². The summed E-state index contributed by atoms with van der Waals surface area (Å²) in [5.74, 6) is 1.43. The quantitative estimate of drug-likeness (QED) is 0.391. The normalized spacial score (nSPS) is 10.9. The molecule has 2 heterocycles. The van der Waals surface area contributed by atoms with Crippen LogP contribution in [-0.4, -0.2) is 33.2 Å². The van der Waals surface area contributed by atoms with E-state index in [1.54, 1.807) is 48.8 Å². The maximum Gasteiger partial charge on any atom is 0.248 e. The standard InChI is InChI=1S/C20H16ClN5O2S2/c1-28-16-7-6-13(21)8-15(16)18-24-20(26-25-18)30-10-14-9-29-19(23-14)12-4-2-11(3-5-12)17(22)27/h2-9H,10H2,1H3,(H2,22,27)(H,24,25,26). The minimum absolute atomic E-state index is 0.445. The summed E-state index contributed by atoms with van der Waals surface area (Å²) in [7, 11) is 1.60. The van der Waals surface area contributed by atoms with Crippen molar-refractivity contribution >= 4 is 40.6 Å². The number of primary amides is 1. The molecule has 0 spiro atoms. The van der Waals surface area contributed by atoms with Crippen LogP contribution in [-0.2, 0) is 5.75 Å². The van der Waals surface area contributed by atoms with Gasteiger partial charge in [-0.3, -0.25) is 9.89 Å². The first-order chi connectivity index (χ1) is 14.5. The summed E-state index contributed by atoms with van der Waals surface area (Å²) in [6.07, 6.45) is 0. The number of ether oxygens (including phenoxy) is 1. The molecule has 30 heavy (non-hydrogen) atoms. The smallest absolute Gasteiger partial charge is 0.248 e. The summed E-state index contributed by atoms with van der Waals surface area (Å²) in [6.45, 7) is 0. The molecule has 2 aromatic heterocycles. The van der Waals surface area contributed by atoms with Crippen molar-refractivity contribution in [1.82, 2.24) is 20.2 Å². The van der Waals surface area contributed by atoms with Crippen molar-refractivity contribution < 1.29 is 9.53 Å². The summed E-state index contributed by atoms with van der Waals surface area (Å²) in [4.78, 5) is 20.4. The number of aromatic amines is 1. The Morgan fingerprint density at radius 3 is 2.77 bits per heavy atom. The second kappa shape index (κ2) is 8.86. The van der Waals surface area contributed by atoms with Crippen molar-refractivity contribution in [2.45, 2.75) is 10.9 Å². The number of carbonyl (C=O) groups excluding carboxylic acids is 1. The Hall–Kier alpha value is -2.88. The maximum atomic E-state index is 11.2. The molecule has 0 aliphatic rings. The van der Waals surface area contributed by atoms with Crippen LogP contribution in [0.2, 0.25) is 5.02 Å². The Morgan fingerprint density at radius 1 is 1.23 bits per heavy atom. The van der Waals surface area contributed by atoms with Crippen molar-refractivity contribution in [3.8, 4) is 27.7 Å². The van der Waals surface area contributed by atoms with E-state index < -0.39 is 5.91 Å². The van der Waals surface area contributed by atoms with E-state index in [0.29, 0.717) is 33.1 Å². The molecule has 4 rings (SSSR count). The molecule has 152 valence electrons. The zero-order valence-electron chi connectivity index (χ0n) is 15.8. The van der Waals surface area contributed by atoms with Crippen LogP contribution in [0.5, 0.6) is 5.75 Å². The minimum atomic E-state index is -0.445. The summed E-state index contributed by atoms with van der Waals surface area (Å²) in [6, 6.07) is 12.4. The first-order valence-corrected chi connectivity index (χ1v) is 11.0. The van der Waals surface area contributed by atoms with Gasteiger partial charge in [-0.15, -0.1) is 16.4 Å². The number of nitrogens with zero attached hydrogens (tertiary/aromatic N) is 3. The topological polar surface area (TPSA) is 107 Å². The van der Waals surface area contributed by atoms with E-state index in [1.807, 2.05) is 17.5 Å². The second-order valence-electron chi connectivity index (χ2n) is 6.19. The second-order valence-corrected chi connectivity index (χ2v) is 8.42. The highest BCUT2D eigenvalue weighted by Gasteiger charge is 2.13. The Morgan fingerprint density at radius 2 is 2.03 bits per heavy atom. The number of thiazole rings is 1. The Balaban J connectivity index is 1.44. The first-order valence-electron chi connectivity index (χ1n) is 8.77. The van der Waals surface area contributed by atoms with Crippen molar-refractivity contribution in [2.75, 3.05) is 7.11 Å². The average Bonchev–Trinajstić information content (AvgIpc) is 3.42. The third kappa shape index (κ3) is 4.48. The number of nitrogens with two attached hydrogens (primary N) is 1. The minimum Gasteiger partial charge on any atom is -0.496 e. The van der Waals surface area contributed by atoms with Gasteiger partial charge in [0, 0.05) is 27.3 Å². The summed E-state index contributed by atoms with van der Waals surface area (Å²) >= 11 is 9.11. The number of hydrogen-bond acceptors (Lipinski definition) is 7. The molecule has 0 radical (unpaired) electrons. The van der Waals surface area contributed by atoms with Gasteiger partial charge in [0.1, 0.15) is 10.8 Å². The molecule has 0 unspecified atom stereocenters. The van der Waals surface area contributed by atoms with Crippen LogP contribution in [0.4, 0.5) is 0 Å². The summed E-state index contributed by atoms with van der Waals surface area (Å²) < 4.78 is 5.37. The highest BCUT2D eigenvalue weighted by Crippen LogP contribution is 2.32. The van der Waals surface area contributed by atoms with Crippen LogP contribution in [0.3, 0.4) is 0 Å². The third-order valence-corrected chi connectivity index (χ3v) is 6.25. The molecule has 10 heteroatoms. The Kier molecular flexibility index (Phi) is 6.03. The number of thioether (sulfide) groups is 1. The molecule has 0 bridgehead atoms. The van der Waals surface area contributed by atoms with E-state index in [4.69, 9.17) is 22.1 Å². The number of hydrogen-bond donors (Lipinski definition) is 2. The molecule has 0 fully saturated rings. The van der Waals surface area contributed by atoms with E-state index in [2.05, 4.69) is 20.2 Å². The molecule has 0 saturated heterocycles. The molecule has 4 aromatic rings. The average molecular weight is 458 g/mol. The van der Waals surface area contributed by atoms with Gasteiger partial charge in [0.15, 0.2) is 5.82 Å². The third-order valence-electron chi connectivity index (χ3n) is 4.20. The van der Waals surface area contributed by atoms with E-state index in [-0.39, 0.29) is 0 Å². The molecule has 7 nitrogen and oxygen atoms in total. The van der Waals surface area contributed by atoms with E-state index in [1.165, 1.54) is 11.8 Å². The number of methoxy groups -OCH3 is 1. The van der Waals surface area contributed by atoms with Gasteiger partial charge in [0.25, 0.3) is 0 Å². The summed E-state index contributed by atoms with van der Waals surface area (Å²) in [5, 5.41) is 11.3. The van der Waals surface area contributed by atoms with Crippen LogP contribution >= 0.6 is 34.7 Å². The van der Waals surface area contributed by atoms with Gasteiger partial charge in [0.05, 0.1) is 18.4 Å². The van der Waals surface area contributed by atoms with E-state index in [9.17, 15) is 4.79 Å². The number of carbonyl (C=O) groups is 1. The van der Waals surface area contributed by atoms with Crippen LogP contribution < -0.4 is 10.5 Å². The number of nitrogens with one attached hydrogen (secondary N) is 1. The number of amides is 1. The maximum absolute atomic E-state index is 11.2. The van der Waals surface area contributed by atoms with Gasteiger partial charge in [-0.05, 0) is 30.3 Å². The van der Waals surface area contributed by atoms with Crippen molar-refractivity contribution in [2.24, 2.45) is 5.73 Å². The fourth-order valence-corrected chi connectivity index (χ4v) is 4.51. The molecule has 0 atom stereocenters. The largest absolute Gasteiger partial charge is 0.496 e. The van der Waals surface area contributed by atoms with Crippen LogP contribution in [0.25, 0.3) is 22.0 Å². The molecule has 2 aromatic carbocycles. The summed E-state index contributed by atoms with van der Waals surface area (Å²) in [5.41, 5.74) is 8.37. The van der Waals surface area contributed by atoms with Gasteiger partial charge >= 0.3 is 0 Å². The monoisotopic (exact) mass is 457 g/mol. The fraction of sp³-hybridized carbons (Fsp3) is 0.100. The Labute approximate surface area is 185 Å². The van der Waals surface area contributed by atoms with Gasteiger partial charge < -0.3 is 10.5 Å². The molecular weight excluding hydrogens is 442 g/mol. The number of benzene rings is 2. The van der Waals surface area contributed by atoms with Crippen LogP contribution in [0.1, 0.15) is 16.1 Å². The van der Waals surface area contributed by atoms with Crippen molar-refractivity contribution in [1.29, 1.82) is 0 Å². The van der Waals surface area contributed by atoms with Gasteiger partial charge in [-0.2, -0.15) is 0 Å². The zero-order chi connectivity index (χ0) is 21.1. The molecule has 1 amide bonds. The zero-order valence-corrected chi connectivity index (χ0v) is 18.1. The lowest BCUT2D eigenvalue weighted by molar-refractivity contribution is 0.100. The SMILES string of the molecule is COc1ccc(Cl)cc1-c1nc(SCc2csc(-c3ccc(C(N)=O)cc3)n2)n[nH]1. The van der Waals surface area contributed by atoms with E-state index >= 15 is 0 Å². The Bertz CT molecular complexity index is 1190. The predicted molar refractivity (Wildman–Crippen MR) is 119 cm³/mol. The molecule has 0 aliphatic heterocycles. The number of rotatable bonds is 7. The lowest BCUT2D eigenvalue weighted by atomic mass is 10.1. The molecular formula is C20H16ClN5O2S2. The lowest BCUT2D eigenvalue weighted by Gasteiger charge is -2.05. The van der Waals surface area contributed by atoms with E-state index in [0.717, 1.165) is 21.8 Å². The highest BCUT2D eigenvalue weighted by molar-refractivity contribution is 7.98. The number of aromatic nitrogens is 4. The first kappa shape index (κ1) is 20.4. The highest BCUT2D eigenvalue weighted by atomic mass is 35.5. The predicted octanol–water partition coefficient (Wildman–Crippen LogP) is 4.65. The van der Waals surface area contributed by atoms with Crippen molar-refractivity contribution in [3.05, 3.63) is 64.1 Å². The van der Waals surface area contributed by atoms with Crippen molar-refractivity contribution in [3.63, 3.8) is 0 Å². The number of halogens is 1. The molecule has 3 N–H and O–H groups in total. The lowest BCUT2D eigenvalue weighted by Crippen LogP contribution is -2.10. The number of H-pyrrole nitrogens is 1. The van der Waals surface area contributed by atoms with Crippen LogP contribution in [0.15, 0.2) is 53.0 Å². The van der Waals surface area contributed by atoms with Crippen LogP contribution in [0, 0.1) is 0 Å².